The third-order valence-electron chi connectivity index (χ3n) is 17.8. The minimum Gasteiger partial charge on any atom is -2.00 e. The number of hydrogen-bond donors (Lipinski definition) is 19. The van der Waals surface area contributed by atoms with E-state index in [4.69, 9.17) is 37.9 Å². The van der Waals surface area contributed by atoms with Gasteiger partial charge < -0.3 is 150 Å². The molecule has 4 heterocycles. The molecule has 4 aliphatic heterocycles. The molecule has 0 bridgehead atoms. The Morgan fingerprint density at radius 1 is 0.277 bits per heavy atom. The minimum absolute atomic E-state index is 0. The molecular formula is C62H113GdN5O33+. The van der Waals surface area contributed by atoms with E-state index in [1.165, 1.54) is 14.7 Å². The number of aliphatic hydroxyl groups excluding tert-OH is 16. The van der Waals surface area contributed by atoms with Crippen molar-refractivity contribution in [3.63, 3.8) is 0 Å². The average Bonchev–Trinajstić information content (AvgIpc) is 0.841. The molecule has 4 rings (SSSR count). The number of carboxylic acid groups (broad SMARTS) is 3. The van der Waals surface area contributed by atoms with Gasteiger partial charge in [-0.25, -0.2) is 0 Å². The topological polar surface area (TPSA) is 588 Å². The van der Waals surface area contributed by atoms with Crippen LogP contribution >= 0.6 is 0 Å². The SMILES string of the molecule is O=C(O)CN(CCN(CC(=O)O)CC(=O)N(CCCCCCOC1O[C@H](CO)[C@@H](O)[C@H](O)[C@@H]1O)CCCCCCOC1O[C@H](CO)[C@@H](O)[C@H](O)[C@@H]1O)CCN(CC(=O)O)CC(=O)N(CCCCCCOC1O[C@@H](CO)[C@H](O)[C@@H](O)[C@H]1O)CCCCCCOC1O[C@@H](CO)[C@H](O)[C@@H](O)[C@H]1O.[Gd+3].[O-2]. The van der Waals surface area contributed by atoms with Crippen molar-refractivity contribution in [2.75, 3.05) is 138 Å². The van der Waals surface area contributed by atoms with Crippen LogP contribution in [-0.4, -0.2) is 412 Å². The first-order valence-electron chi connectivity index (χ1n) is 34.3. The molecular weight excluding hydrogens is 1500 g/mol. The summed E-state index contributed by atoms with van der Waals surface area (Å²) in [5.41, 5.74) is 0. The average molecular weight is 1610 g/mol. The number of aliphatic hydroxyl groups is 16. The summed E-state index contributed by atoms with van der Waals surface area (Å²) in [5.74, 6) is -4.71. The third-order valence-corrected chi connectivity index (χ3v) is 17.8. The zero-order chi connectivity index (χ0) is 73.1. The van der Waals surface area contributed by atoms with Crippen LogP contribution in [0.25, 0.3) is 0 Å². The molecule has 1 radical (unpaired) electrons. The molecule has 0 aromatic heterocycles. The van der Waals surface area contributed by atoms with Crippen molar-refractivity contribution in [2.24, 2.45) is 0 Å². The van der Waals surface area contributed by atoms with Crippen molar-refractivity contribution in [3.05, 3.63) is 0 Å². The van der Waals surface area contributed by atoms with Crippen LogP contribution in [0.1, 0.15) is 103 Å². The Labute approximate surface area is 618 Å². The van der Waals surface area contributed by atoms with Crippen molar-refractivity contribution in [3.8, 4) is 0 Å². The van der Waals surface area contributed by atoms with Crippen molar-refractivity contribution in [2.45, 2.75) is 226 Å². The molecule has 0 aromatic carbocycles. The number of hydrogen-bond acceptors (Lipinski definition) is 32. The largest absolute Gasteiger partial charge is 3.00 e. The molecule has 4 aliphatic rings. The number of carbonyl (C=O) groups is 5. The summed E-state index contributed by atoms with van der Waals surface area (Å²) in [6.07, 6.45) is -20.3. The molecule has 0 saturated carbocycles. The zero-order valence-electron chi connectivity index (χ0n) is 57.0. The van der Waals surface area contributed by atoms with Gasteiger partial charge in [-0.2, -0.15) is 0 Å². The second-order valence-corrected chi connectivity index (χ2v) is 25.6. The molecule has 4 saturated heterocycles. The summed E-state index contributed by atoms with van der Waals surface area (Å²) in [6, 6.07) is 0. The normalized spacial score (nSPS) is 29.9. The molecule has 39 heteroatoms. The van der Waals surface area contributed by atoms with Gasteiger partial charge >= 0.3 is 57.8 Å². The fourth-order valence-corrected chi connectivity index (χ4v) is 11.8. The van der Waals surface area contributed by atoms with E-state index in [2.05, 4.69) is 0 Å². The number of aliphatic carboxylic acids is 3. The first kappa shape index (κ1) is 94.6. The van der Waals surface area contributed by atoms with Crippen LogP contribution in [0.15, 0.2) is 0 Å². The fraction of sp³-hybridized carbons (Fsp3) is 0.919. The molecule has 2 amide bonds. The maximum absolute atomic E-state index is 14.2. The Morgan fingerprint density at radius 3 is 0.703 bits per heavy atom. The quantitative estimate of drug-likeness (QED) is 0.0252. The van der Waals surface area contributed by atoms with E-state index in [-0.39, 0.29) is 124 Å². The van der Waals surface area contributed by atoms with Gasteiger partial charge in [0, 0.05) is 78.8 Å². The molecule has 0 aromatic rings. The van der Waals surface area contributed by atoms with Crippen LogP contribution in [0.4, 0.5) is 0 Å². The zero-order valence-corrected chi connectivity index (χ0v) is 59.3. The smallest absolute Gasteiger partial charge is 2.00 e. The molecule has 4 unspecified atom stereocenters. The van der Waals surface area contributed by atoms with Gasteiger partial charge in [0.25, 0.3) is 0 Å². The van der Waals surface area contributed by atoms with Crippen molar-refractivity contribution >= 4 is 29.7 Å². The number of ether oxygens (including phenoxy) is 8. The summed E-state index contributed by atoms with van der Waals surface area (Å²) in [6.45, 7) is -4.28. The van der Waals surface area contributed by atoms with Gasteiger partial charge in [0.05, 0.1) is 59.2 Å². The van der Waals surface area contributed by atoms with E-state index in [1.54, 1.807) is 9.80 Å². The molecule has 4 fully saturated rings. The van der Waals surface area contributed by atoms with E-state index in [9.17, 15) is 121 Å². The van der Waals surface area contributed by atoms with Gasteiger partial charge in [0.1, 0.15) is 97.7 Å². The molecule has 38 nitrogen and oxygen atoms in total. The number of rotatable bonds is 52. The van der Waals surface area contributed by atoms with E-state index in [0.29, 0.717) is 103 Å². The van der Waals surface area contributed by atoms with Crippen LogP contribution in [0.5, 0.6) is 0 Å². The first-order chi connectivity index (χ1) is 47.3. The Hall–Kier alpha value is -2.45. The summed E-state index contributed by atoms with van der Waals surface area (Å²) >= 11 is 0. The van der Waals surface area contributed by atoms with Crippen LogP contribution in [0.3, 0.4) is 0 Å². The van der Waals surface area contributed by atoms with E-state index < -0.39 is 212 Å². The second-order valence-electron chi connectivity index (χ2n) is 25.6. The maximum atomic E-state index is 14.2. The van der Waals surface area contributed by atoms with Crippen molar-refractivity contribution in [1.29, 1.82) is 0 Å². The Balaban J connectivity index is 0.0000173. The third kappa shape index (κ3) is 33.3. The van der Waals surface area contributed by atoms with Crippen molar-refractivity contribution < 1.29 is 204 Å². The standard InChI is InChI=1S/C62H113N5O32.Gd.O/c68-34-38-47(80)51(84)55(88)59(96-38)92-25-13-5-1-9-17-66(18-10-2-6-14-26-93-60-56(89)52(85)48(81)39(35-69)97-60)42(72)29-64(32-45(76)77)23-21-63(31-44(74)75)22-24-65(33-46(78)79)30-43(73)67(19-11-3-7-15-27-94-61-57(90)53(86)49(82)40(36-70)98-61)20-12-4-8-16-28-95-62-58(91)54(87)50(83)41(37-71)99-62;;/h38-41,47-62,68-71,80-91H,1-37H2,(H,74,75)(H,76,77)(H,78,79);;/q;+3;-2/t38-,39-,40+,41+,47-,48-,49+,50+,51+,52+,53-,54-,55+,56+,57-,58-,59?,60?,61?,62?;;. The molecule has 20 atom stereocenters. The number of carbonyl (C=O) groups excluding carboxylic acids is 2. The van der Waals surface area contributed by atoms with Gasteiger partial charge in [-0.15, -0.1) is 0 Å². The van der Waals surface area contributed by atoms with Gasteiger partial charge in [-0.1, -0.05) is 51.4 Å². The maximum Gasteiger partial charge on any atom is 3.00 e. The summed E-state index contributed by atoms with van der Waals surface area (Å²) in [7, 11) is 0. The summed E-state index contributed by atoms with van der Waals surface area (Å²) < 4.78 is 44.0. The van der Waals surface area contributed by atoms with Gasteiger partial charge in [-0.05, 0) is 51.4 Å². The van der Waals surface area contributed by atoms with Crippen molar-refractivity contribution in [1.82, 2.24) is 24.5 Å². The first-order valence-corrected chi connectivity index (χ1v) is 34.3. The molecule has 591 valence electrons. The van der Waals surface area contributed by atoms with Gasteiger partial charge in [0.15, 0.2) is 25.2 Å². The van der Waals surface area contributed by atoms with E-state index in [1.807, 2.05) is 0 Å². The molecule has 101 heavy (non-hydrogen) atoms. The fourth-order valence-electron chi connectivity index (χ4n) is 11.8. The van der Waals surface area contributed by atoms with Crippen LogP contribution in [0, 0.1) is 39.9 Å². The Bertz CT molecular complexity index is 2020. The summed E-state index contributed by atoms with van der Waals surface area (Å²) in [4.78, 5) is 72.6. The second kappa shape index (κ2) is 51.8. The Kier molecular flexibility index (Phi) is 48.5. The van der Waals surface area contributed by atoms with Crippen LogP contribution in [-0.2, 0) is 67.3 Å². The number of nitrogens with zero attached hydrogens (tertiary/aromatic N) is 5. The molecule has 19 N–H and O–H groups in total. The van der Waals surface area contributed by atoms with Crippen LogP contribution < -0.4 is 0 Å². The molecule has 0 aliphatic carbocycles. The summed E-state index contributed by atoms with van der Waals surface area (Å²) in [5, 5.41) is 190. The molecule has 0 spiro atoms. The van der Waals surface area contributed by atoms with E-state index >= 15 is 0 Å². The number of amides is 2. The van der Waals surface area contributed by atoms with E-state index in [0.717, 1.165) is 0 Å². The monoisotopic (exact) mass is 1610 g/mol. The van der Waals surface area contributed by atoms with Gasteiger partial charge in [-0.3, -0.25) is 38.7 Å². The predicted molar refractivity (Wildman–Crippen MR) is 339 cm³/mol. The van der Waals surface area contributed by atoms with Crippen LogP contribution in [0.2, 0.25) is 0 Å². The minimum atomic E-state index is -1.61. The Morgan fingerprint density at radius 2 is 0.485 bits per heavy atom. The number of carboxylic acids is 3. The predicted octanol–water partition coefficient (Wildman–Crippen LogP) is -7.81. The van der Waals surface area contributed by atoms with Gasteiger partial charge in [0.2, 0.25) is 11.8 Å². The number of unbranched alkanes of at least 4 members (excludes halogenated alkanes) is 12.